The van der Waals surface area contributed by atoms with Gasteiger partial charge in [0.15, 0.2) is 0 Å². The van der Waals surface area contributed by atoms with Crippen LogP contribution in [-0.2, 0) is 11.5 Å². The van der Waals surface area contributed by atoms with Gasteiger partial charge in [0.25, 0.3) is 0 Å². The fourth-order valence-electron chi connectivity index (χ4n) is 1.67. The van der Waals surface area contributed by atoms with Gasteiger partial charge in [-0.25, -0.2) is 4.39 Å². The first kappa shape index (κ1) is 9.01. The molecule has 0 bridgehead atoms. The molecule has 0 atom stereocenters. The lowest BCUT2D eigenvalue weighted by Crippen LogP contribution is -2.28. The Morgan fingerprint density at radius 2 is 1.85 bits per heavy atom. The number of hydrogen-bond acceptors (Lipinski definition) is 0. The highest BCUT2D eigenvalue weighted by atomic mass is 35.5. The van der Waals surface area contributed by atoms with E-state index in [0.29, 0.717) is 18.7 Å². The summed E-state index contributed by atoms with van der Waals surface area (Å²) in [5.74, 6) is 0.500. The summed E-state index contributed by atoms with van der Waals surface area (Å²) in [6, 6.07) is 7.53. The van der Waals surface area contributed by atoms with E-state index in [-0.39, 0.29) is 0 Å². The van der Waals surface area contributed by atoms with Crippen LogP contribution in [0.15, 0.2) is 24.3 Å². The molecule has 0 nitrogen and oxygen atoms in total. The van der Waals surface area contributed by atoms with Crippen LogP contribution in [0.3, 0.4) is 0 Å². The predicted octanol–water partition coefficient (Wildman–Crippen LogP) is 3.77. The van der Waals surface area contributed by atoms with Crippen molar-refractivity contribution in [1.29, 1.82) is 0 Å². The molecule has 0 unspecified atom stereocenters. The molecule has 0 N–H and O–H groups in total. The highest BCUT2D eigenvalue weighted by Crippen LogP contribution is 2.44. The molecule has 0 aliphatic heterocycles. The van der Waals surface area contributed by atoms with Gasteiger partial charge < -0.3 is 0 Å². The van der Waals surface area contributed by atoms with Crippen molar-refractivity contribution in [2.75, 3.05) is 0 Å². The summed E-state index contributed by atoms with van der Waals surface area (Å²) in [5.41, 5.74) is 0.825. The fourth-order valence-corrected chi connectivity index (χ4v) is 1.85. The van der Waals surface area contributed by atoms with Crippen LogP contribution in [0.2, 0.25) is 0 Å². The summed E-state index contributed by atoms with van der Waals surface area (Å²) in [6.45, 7) is 0. The van der Waals surface area contributed by atoms with E-state index in [1.165, 1.54) is 0 Å². The topological polar surface area (TPSA) is 0 Å². The molecule has 13 heavy (non-hydrogen) atoms. The van der Waals surface area contributed by atoms with Crippen molar-refractivity contribution < 1.29 is 4.39 Å². The molecule has 1 aliphatic carbocycles. The lowest BCUT2D eigenvalue weighted by Gasteiger charge is -2.34. The molecule has 2 heteroatoms. The van der Waals surface area contributed by atoms with Crippen LogP contribution in [-0.4, -0.2) is 0 Å². The first-order valence-electron chi connectivity index (χ1n) is 4.59. The lowest BCUT2D eigenvalue weighted by molar-refractivity contribution is 0.0609. The molecule has 1 fully saturated rings. The van der Waals surface area contributed by atoms with Crippen molar-refractivity contribution >= 4 is 11.6 Å². The predicted molar refractivity (Wildman–Crippen MR) is 52.6 cm³/mol. The van der Waals surface area contributed by atoms with Crippen LogP contribution < -0.4 is 0 Å². The van der Waals surface area contributed by atoms with Crippen LogP contribution in [0.25, 0.3) is 0 Å². The van der Waals surface area contributed by atoms with E-state index >= 15 is 0 Å². The number of alkyl halides is 2. The van der Waals surface area contributed by atoms with E-state index in [1.54, 1.807) is 0 Å². The van der Waals surface area contributed by atoms with Gasteiger partial charge in [-0.3, -0.25) is 0 Å². The Kier molecular flexibility index (Phi) is 2.29. The molecule has 70 valence electrons. The molecule has 0 saturated heterocycles. The van der Waals surface area contributed by atoms with Crippen LogP contribution in [0.1, 0.15) is 30.4 Å². The van der Waals surface area contributed by atoms with Crippen LogP contribution in [0.5, 0.6) is 0 Å². The van der Waals surface area contributed by atoms with Crippen LogP contribution in [0.4, 0.5) is 4.39 Å². The van der Waals surface area contributed by atoms with Crippen LogP contribution in [0, 0.1) is 0 Å². The second-order valence-electron chi connectivity index (χ2n) is 3.65. The summed E-state index contributed by atoms with van der Waals surface area (Å²) in [5, 5.41) is 0. The van der Waals surface area contributed by atoms with Gasteiger partial charge in [0, 0.05) is 5.88 Å². The lowest BCUT2D eigenvalue weighted by atomic mass is 9.77. The van der Waals surface area contributed by atoms with Crippen molar-refractivity contribution in [3.8, 4) is 0 Å². The minimum absolute atomic E-state index is 0.500. The van der Waals surface area contributed by atoms with Gasteiger partial charge in [-0.1, -0.05) is 24.3 Å². The number of rotatable bonds is 2. The molecule has 0 amide bonds. The van der Waals surface area contributed by atoms with Crippen molar-refractivity contribution in [2.45, 2.75) is 30.8 Å². The summed E-state index contributed by atoms with van der Waals surface area (Å²) in [7, 11) is 0. The second-order valence-corrected chi connectivity index (χ2v) is 3.92. The molecule has 1 saturated carbocycles. The normalized spacial score (nSPS) is 19.5. The fraction of sp³-hybridized carbons (Fsp3) is 0.455. The average Bonchev–Trinajstić information content (AvgIpc) is 2.14. The molecule has 0 heterocycles. The molecule has 2 rings (SSSR count). The molecule has 0 spiro atoms. The maximum atomic E-state index is 13.8. The van der Waals surface area contributed by atoms with E-state index in [4.69, 9.17) is 11.6 Å². The Labute approximate surface area is 82.7 Å². The molecular weight excluding hydrogens is 187 g/mol. The highest BCUT2D eigenvalue weighted by Gasteiger charge is 2.38. The summed E-state index contributed by atoms with van der Waals surface area (Å²) >= 11 is 5.65. The zero-order valence-corrected chi connectivity index (χ0v) is 8.15. The van der Waals surface area contributed by atoms with Crippen molar-refractivity contribution in [2.24, 2.45) is 0 Å². The van der Waals surface area contributed by atoms with E-state index in [2.05, 4.69) is 0 Å². The third-order valence-electron chi connectivity index (χ3n) is 2.77. The Hall–Kier alpha value is -0.560. The number of hydrogen-bond donors (Lipinski definition) is 0. The zero-order chi connectivity index (χ0) is 9.31. The van der Waals surface area contributed by atoms with Gasteiger partial charge in [0.05, 0.1) is 0 Å². The Morgan fingerprint density at radius 3 is 2.23 bits per heavy atom. The summed E-state index contributed by atoms with van der Waals surface area (Å²) in [6.07, 6.45) is 2.36. The SMILES string of the molecule is FC1(c2ccc(CCl)cc2)CCC1. The molecule has 0 aromatic heterocycles. The van der Waals surface area contributed by atoms with Gasteiger partial charge in [-0.2, -0.15) is 0 Å². The molecule has 1 aromatic rings. The summed E-state index contributed by atoms with van der Waals surface area (Å²) in [4.78, 5) is 0. The molecular formula is C11H12ClF. The van der Waals surface area contributed by atoms with Crippen molar-refractivity contribution in [1.82, 2.24) is 0 Å². The maximum Gasteiger partial charge on any atom is 0.136 e. The molecule has 1 aliphatic rings. The van der Waals surface area contributed by atoms with Gasteiger partial charge >= 0.3 is 0 Å². The van der Waals surface area contributed by atoms with Crippen molar-refractivity contribution in [3.05, 3.63) is 35.4 Å². The van der Waals surface area contributed by atoms with Crippen LogP contribution >= 0.6 is 11.6 Å². The third kappa shape index (κ3) is 1.58. The van der Waals surface area contributed by atoms with Gasteiger partial charge in [0.1, 0.15) is 5.67 Å². The standard InChI is InChI=1S/C11H12ClF/c12-8-9-2-4-10(5-3-9)11(13)6-1-7-11/h2-5H,1,6-8H2. The minimum Gasteiger partial charge on any atom is -0.239 e. The van der Waals surface area contributed by atoms with Gasteiger partial charge in [0.2, 0.25) is 0 Å². The first-order chi connectivity index (χ1) is 6.24. The Bertz CT molecular complexity index is 287. The van der Waals surface area contributed by atoms with Gasteiger partial charge in [-0.15, -0.1) is 11.6 Å². The van der Waals surface area contributed by atoms with E-state index in [9.17, 15) is 4.39 Å². The molecule has 0 radical (unpaired) electrons. The third-order valence-corrected chi connectivity index (χ3v) is 3.08. The minimum atomic E-state index is -1.04. The van der Waals surface area contributed by atoms with E-state index < -0.39 is 5.67 Å². The second kappa shape index (κ2) is 3.30. The monoisotopic (exact) mass is 198 g/mol. The smallest absolute Gasteiger partial charge is 0.136 e. The number of benzene rings is 1. The van der Waals surface area contributed by atoms with Gasteiger partial charge in [-0.05, 0) is 30.4 Å². The largest absolute Gasteiger partial charge is 0.239 e. The Morgan fingerprint density at radius 1 is 1.23 bits per heavy atom. The van der Waals surface area contributed by atoms with Crippen molar-refractivity contribution in [3.63, 3.8) is 0 Å². The first-order valence-corrected chi connectivity index (χ1v) is 5.12. The molecule has 1 aromatic carbocycles. The van der Waals surface area contributed by atoms with E-state index in [0.717, 1.165) is 17.5 Å². The van der Waals surface area contributed by atoms with E-state index in [1.807, 2.05) is 24.3 Å². The Balaban J connectivity index is 2.22. The quantitative estimate of drug-likeness (QED) is 0.635. The highest BCUT2D eigenvalue weighted by molar-refractivity contribution is 6.17. The average molecular weight is 199 g/mol. The number of halogens is 2. The summed E-state index contributed by atoms with van der Waals surface area (Å²) < 4.78 is 13.8. The maximum absolute atomic E-state index is 13.8. The zero-order valence-electron chi connectivity index (χ0n) is 7.39.